The van der Waals surface area contributed by atoms with Crippen molar-refractivity contribution < 1.29 is 8.42 Å². The molecule has 2 aromatic carbocycles. The van der Waals surface area contributed by atoms with Crippen molar-refractivity contribution in [1.82, 2.24) is 0 Å². The summed E-state index contributed by atoms with van der Waals surface area (Å²) in [5, 5.41) is 0. The first-order valence-electron chi connectivity index (χ1n) is 6.53. The Labute approximate surface area is 120 Å². The Bertz CT molecular complexity index is 666. The molecule has 0 fully saturated rings. The lowest BCUT2D eigenvalue weighted by molar-refractivity contribution is 0.588. The highest BCUT2D eigenvalue weighted by atomic mass is 32.2. The van der Waals surface area contributed by atoms with Gasteiger partial charge in [0.2, 0.25) is 0 Å². The molecule has 0 aliphatic carbocycles. The average Bonchev–Trinajstić information content (AvgIpc) is 2.38. The maximum absolute atomic E-state index is 12.2. The topological polar surface area (TPSA) is 60.2 Å². The van der Waals surface area contributed by atoms with Crippen LogP contribution in [0.2, 0.25) is 0 Å². The van der Waals surface area contributed by atoms with Gasteiger partial charge in [0, 0.05) is 6.04 Å². The smallest absolute Gasteiger partial charge is 0.156 e. The van der Waals surface area contributed by atoms with Gasteiger partial charge in [0.05, 0.1) is 11.5 Å². The predicted molar refractivity (Wildman–Crippen MR) is 82.0 cm³/mol. The summed E-state index contributed by atoms with van der Waals surface area (Å²) in [5.41, 5.74) is 8.70. The minimum atomic E-state index is -3.22. The number of aryl methyl sites for hydroxylation is 1. The summed E-state index contributed by atoms with van der Waals surface area (Å²) in [6.07, 6.45) is 0. The summed E-state index contributed by atoms with van der Waals surface area (Å²) in [6, 6.07) is 16.4. The van der Waals surface area contributed by atoms with Gasteiger partial charge >= 0.3 is 0 Å². The molecule has 4 heteroatoms. The molecule has 1 unspecified atom stereocenters. The van der Waals surface area contributed by atoms with Crippen molar-refractivity contribution in [2.24, 2.45) is 5.73 Å². The fourth-order valence-corrected chi connectivity index (χ4v) is 3.73. The highest BCUT2D eigenvalue weighted by Gasteiger charge is 2.18. The van der Waals surface area contributed by atoms with Crippen LogP contribution in [0.1, 0.15) is 22.7 Å². The van der Waals surface area contributed by atoms with Crippen LogP contribution in [0.3, 0.4) is 0 Å². The molecule has 0 aliphatic heterocycles. The first-order valence-corrected chi connectivity index (χ1v) is 8.35. The van der Waals surface area contributed by atoms with Crippen LogP contribution in [0.4, 0.5) is 0 Å². The first kappa shape index (κ1) is 14.8. The van der Waals surface area contributed by atoms with Gasteiger partial charge in [-0.05, 0) is 18.1 Å². The number of benzene rings is 2. The van der Waals surface area contributed by atoms with Crippen LogP contribution in [0.25, 0.3) is 0 Å². The Hall–Kier alpha value is -1.65. The van der Waals surface area contributed by atoms with E-state index in [4.69, 9.17) is 5.73 Å². The molecule has 2 rings (SSSR count). The van der Waals surface area contributed by atoms with E-state index in [1.54, 1.807) is 0 Å². The Morgan fingerprint density at radius 2 is 1.75 bits per heavy atom. The summed E-state index contributed by atoms with van der Waals surface area (Å²) < 4.78 is 24.4. The van der Waals surface area contributed by atoms with E-state index in [1.165, 1.54) is 0 Å². The van der Waals surface area contributed by atoms with Crippen molar-refractivity contribution >= 4 is 9.84 Å². The SMILES string of the molecule is Cc1cccc(CS(=O)(=O)CC(N)c2ccccc2)c1. The van der Waals surface area contributed by atoms with E-state index in [1.807, 2.05) is 61.5 Å². The van der Waals surface area contributed by atoms with E-state index in [2.05, 4.69) is 0 Å². The molecular weight excluding hydrogens is 270 g/mol. The molecule has 0 saturated carbocycles. The van der Waals surface area contributed by atoms with Gasteiger partial charge in [0.1, 0.15) is 0 Å². The van der Waals surface area contributed by atoms with Crippen molar-refractivity contribution in [2.75, 3.05) is 5.75 Å². The monoisotopic (exact) mass is 289 g/mol. The van der Waals surface area contributed by atoms with Gasteiger partial charge in [-0.15, -0.1) is 0 Å². The highest BCUT2D eigenvalue weighted by molar-refractivity contribution is 7.90. The summed E-state index contributed by atoms with van der Waals surface area (Å²) in [4.78, 5) is 0. The van der Waals surface area contributed by atoms with E-state index in [0.29, 0.717) is 0 Å². The predicted octanol–water partition coefficient (Wildman–Crippen LogP) is 2.61. The van der Waals surface area contributed by atoms with Crippen LogP contribution in [-0.2, 0) is 15.6 Å². The van der Waals surface area contributed by atoms with E-state index < -0.39 is 15.9 Å². The van der Waals surface area contributed by atoms with Crippen LogP contribution in [0, 0.1) is 6.92 Å². The van der Waals surface area contributed by atoms with Gasteiger partial charge in [-0.1, -0.05) is 60.2 Å². The van der Waals surface area contributed by atoms with Crippen molar-refractivity contribution in [3.63, 3.8) is 0 Å². The Balaban J connectivity index is 2.08. The highest BCUT2D eigenvalue weighted by Crippen LogP contribution is 2.15. The largest absolute Gasteiger partial charge is 0.323 e. The quantitative estimate of drug-likeness (QED) is 0.920. The Kier molecular flexibility index (Phi) is 4.57. The number of sulfone groups is 1. The maximum Gasteiger partial charge on any atom is 0.156 e. The number of hydrogen-bond donors (Lipinski definition) is 1. The number of hydrogen-bond acceptors (Lipinski definition) is 3. The molecule has 2 aromatic rings. The van der Waals surface area contributed by atoms with Crippen LogP contribution < -0.4 is 5.73 Å². The lowest BCUT2D eigenvalue weighted by Crippen LogP contribution is -2.22. The van der Waals surface area contributed by atoms with Gasteiger partial charge in [-0.25, -0.2) is 8.42 Å². The first-order chi connectivity index (χ1) is 9.46. The second-order valence-electron chi connectivity index (χ2n) is 5.06. The van der Waals surface area contributed by atoms with Gasteiger partial charge < -0.3 is 5.73 Å². The second-order valence-corrected chi connectivity index (χ2v) is 7.17. The fourth-order valence-electron chi connectivity index (χ4n) is 2.18. The van der Waals surface area contributed by atoms with Crippen molar-refractivity contribution in [1.29, 1.82) is 0 Å². The molecule has 0 aliphatic rings. The summed E-state index contributed by atoms with van der Waals surface area (Å²) in [6.45, 7) is 1.95. The molecule has 106 valence electrons. The molecule has 0 aromatic heterocycles. The lowest BCUT2D eigenvalue weighted by Gasteiger charge is -2.12. The van der Waals surface area contributed by atoms with E-state index in [9.17, 15) is 8.42 Å². The van der Waals surface area contributed by atoms with Crippen molar-refractivity contribution in [2.45, 2.75) is 18.7 Å². The third kappa shape index (κ3) is 4.18. The molecule has 1 atom stereocenters. The van der Waals surface area contributed by atoms with E-state index >= 15 is 0 Å². The maximum atomic E-state index is 12.2. The summed E-state index contributed by atoms with van der Waals surface area (Å²) >= 11 is 0. The van der Waals surface area contributed by atoms with E-state index in [0.717, 1.165) is 16.7 Å². The number of rotatable bonds is 5. The van der Waals surface area contributed by atoms with Gasteiger partial charge in [0.15, 0.2) is 9.84 Å². The molecule has 3 nitrogen and oxygen atoms in total. The molecule has 0 saturated heterocycles. The summed E-state index contributed by atoms with van der Waals surface area (Å²) in [7, 11) is -3.22. The van der Waals surface area contributed by atoms with Gasteiger partial charge in [0.25, 0.3) is 0 Å². The van der Waals surface area contributed by atoms with Gasteiger partial charge in [-0.2, -0.15) is 0 Å². The molecule has 0 spiro atoms. The minimum absolute atomic E-state index is 0.0368. The zero-order valence-electron chi connectivity index (χ0n) is 11.5. The van der Waals surface area contributed by atoms with Crippen molar-refractivity contribution in [3.05, 3.63) is 71.3 Å². The van der Waals surface area contributed by atoms with Crippen molar-refractivity contribution in [3.8, 4) is 0 Å². The molecule has 0 heterocycles. The third-order valence-electron chi connectivity index (χ3n) is 3.13. The van der Waals surface area contributed by atoms with Crippen LogP contribution in [0.15, 0.2) is 54.6 Å². The fraction of sp³-hybridized carbons (Fsp3) is 0.250. The zero-order valence-corrected chi connectivity index (χ0v) is 12.3. The van der Waals surface area contributed by atoms with Crippen LogP contribution >= 0.6 is 0 Å². The van der Waals surface area contributed by atoms with Gasteiger partial charge in [-0.3, -0.25) is 0 Å². The minimum Gasteiger partial charge on any atom is -0.323 e. The summed E-state index contributed by atoms with van der Waals surface area (Å²) in [5.74, 6) is 0.000167. The van der Waals surface area contributed by atoms with E-state index in [-0.39, 0.29) is 11.5 Å². The molecule has 0 radical (unpaired) electrons. The Morgan fingerprint density at radius 1 is 1.05 bits per heavy atom. The average molecular weight is 289 g/mol. The third-order valence-corrected chi connectivity index (χ3v) is 4.77. The zero-order chi connectivity index (χ0) is 14.6. The lowest BCUT2D eigenvalue weighted by atomic mass is 10.1. The number of nitrogens with two attached hydrogens (primary N) is 1. The molecule has 2 N–H and O–H groups in total. The molecule has 0 bridgehead atoms. The molecular formula is C16H19NO2S. The van der Waals surface area contributed by atoms with Crippen LogP contribution in [0.5, 0.6) is 0 Å². The Morgan fingerprint density at radius 3 is 2.40 bits per heavy atom. The normalized spacial score (nSPS) is 13.1. The molecule has 0 amide bonds. The second kappa shape index (κ2) is 6.20. The van der Waals surface area contributed by atoms with Crippen LogP contribution in [-0.4, -0.2) is 14.2 Å². The molecule has 20 heavy (non-hydrogen) atoms. The standard InChI is InChI=1S/C16H19NO2S/c1-13-6-5-7-14(10-13)11-20(18,19)12-16(17)15-8-3-2-4-9-15/h2-10,16H,11-12,17H2,1H3.